The van der Waals surface area contributed by atoms with E-state index in [1.807, 2.05) is 19.1 Å². The lowest BCUT2D eigenvalue weighted by Crippen LogP contribution is -2.44. The van der Waals surface area contributed by atoms with Gasteiger partial charge in [0.2, 0.25) is 0 Å². The number of allylic oxidation sites excluding steroid dienone is 1. The molecule has 4 nitrogen and oxygen atoms in total. The number of likely N-dealkylation sites (tertiary alicyclic amines) is 1. The van der Waals surface area contributed by atoms with Crippen molar-refractivity contribution in [1.29, 1.82) is 0 Å². The lowest BCUT2D eigenvalue weighted by Gasteiger charge is -2.41. The summed E-state index contributed by atoms with van der Waals surface area (Å²) < 4.78 is 10.5. The van der Waals surface area contributed by atoms with E-state index in [2.05, 4.69) is 47.9 Å². The fourth-order valence-electron chi connectivity index (χ4n) is 5.30. The van der Waals surface area contributed by atoms with Gasteiger partial charge in [-0.05, 0) is 112 Å². The van der Waals surface area contributed by atoms with Crippen molar-refractivity contribution in [2.75, 3.05) is 26.8 Å². The number of rotatable bonds is 8. The van der Waals surface area contributed by atoms with Crippen LogP contribution in [0.1, 0.15) is 51.0 Å². The maximum Gasteiger partial charge on any atom is 0.308 e. The maximum atomic E-state index is 12.0. The minimum atomic E-state index is 0.00405. The van der Waals surface area contributed by atoms with Crippen molar-refractivity contribution in [1.82, 2.24) is 4.90 Å². The van der Waals surface area contributed by atoms with Gasteiger partial charge in [-0.25, -0.2) is 0 Å². The molecular weight excluding hydrogens is 442 g/mol. The lowest BCUT2D eigenvalue weighted by atomic mass is 9.82. The average Bonchev–Trinajstić information content (AvgIpc) is 2.89. The number of piperidine rings is 1. The molecule has 1 aliphatic heterocycles. The minimum Gasteiger partial charge on any atom is -0.497 e. The quantitative estimate of drug-likeness (QED) is 0.394. The Morgan fingerprint density at radius 1 is 0.912 bits per heavy atom. The van der Waals surface area contributed by atoms with Crippen molar-refractivity contribution >= 4 is 23.3 Å². The van der Waals surface area contributed by atoms with Crippen LogP contribution in [0.3, 0.4) is 0 Å². The highest BCUT2D eigenvalue weighted by Crippen LogP contribution is 2.36. The Labute approximate surface area is 208 Å². The van der Waals surface area contributed by atoms with Crippen LogP contribution in [0.15, 0.2) is 64.9 Å². The fourth-order valence-corrected chi connectivity index (χ4v) is 6.12. The molecule has 0 spiro atoms. The monoisotopic (exact) mass is 479 g/mol. The molecule has 2 aromatic carbocycles. The summed E-state index contributed by atoms with van der Waals surface area (Å²) in [6, 6.07) is 17.6. The molecule has 0 unspecified atom stereocenters. The summed E-state index contributed by atoms with van der Waals surface area (Å²) in [7, 11) is 1.69. The van der Waals surface area contributed by atoms with Crippen molar-refractivity contribution < 1.29 is 14.3 Å². The topological polar surface area (TPSA) is 38.8 Å². The third-order valence-electron chi connectivity index (χ3n) is 7.38. The Morgan fingerprint density at radius 2 is 1.50 bits per heavy atom. The van der Waals surface area contributed by atoms with E-state index in [1.54, 1.807) is 18.9 Å². The van der Waals surface area contributed by atoms with Crippen LogP contribution in [0.4, 0.5) is 0 Å². The van der Waals surface area contributed by atoms with Gasteiger partial charge in [0.1, 0.15) is 5.75 Å². The summed E-state index contributed by atoms with van der Waals surface area (Å²) in [6.45, 7) is 9.11. The Balaban J connectivity index is 1.24. The third-order valence-corrected chi connectivity index (χ3v) is 8.39. The predicted molar refractivity (Wildman–Crippen MR) is 139 cm³/mol. The standard InChI is InChI=1S/C29H37NO3S/c1-4-33-29(31)24-5-9-25(10-6-24)30-19-17-23(18-20-30)21(2)22-7-13-27(14-8-22)34-28-15-11-26(32-3)12-16-28/h7-8,11-16,23-25H,2,4-6,9-10,17-20H2,1,3H3. The summed E-state index contributed by atoms with van der Waals surface area (Å²) in [5, 5.41) is 0. The van der Waals surface area contributed by atoms with Crippen LogP contribution in [0, 0.1) is 11.8 Å². The number of carbonyl (C=O) groups excluding carboxylic acids is 1. The Kier molecular flexibility index (Phi) is 8.74. The summed E-state index contributed by atoms with van der Waals surface area (Å²) in [6.07, 6.45) is 6.50. The molecule has 1 heterocycles. The first-order valence-corrected chi connectivity index (χ1v) is 13.4. The molecule has 0 atom stereocenters. The zero-order valence-electron chi connectivity index (χ0n) is 20.5. The van der Waals surface area contributed by atoms with E-state index in [0.717, 1.165) is 44.5 Å². The van der Waals surface area contributed by atoms with E-state index in [1.165, 1.54) is 33.8 Å². The zero-order chi connectivity index (χ0) is 23.9. The molecule has 2 aliphatic rings. The second-order valence-electron chi connectivity index (χ2n) is 9.39. The van der Waals surface area contributed by atoms with Gasteiger partial charge in [-0.1, -0.05) is 30.5 Å². The number of ether oxygens (including phenoxy) is 2. The molecule has 34 heavy (non-hydrogen) atoms. The molecule has 2 aromatic rings. The molecule has 5 heteroatoms. The van der Waals surface area contributed by atoms with E-state index >= 15 is 0 Å². The number of carbonyl (C=O) groups is 1. The van der Waals surface area contributed by atoms with Gasteiger partial charge in [-0.15, -0.1) is 0 Å². The number of methoxy groups -OCH3 is 1. The van der Waals surface area contributed by atoms with Gasteiger partial charge in [-0.2, -0.15) is 0 Å². The number of hydrogen-bond acceptors (Lipinski definition) is 5. The van der Waals surface area contributed by atoms with E-state index in [0.29, 0.717) is 18.6 Å². The highest BCUT2D eigenvalue weighted by Gasteiger charge is 2.32. The van der Waals surface area contributed by atoms with Crippen LogP contribution in [-0.2, 0) is 9.53 Å². The molecule has 0 aromatic heterocycles. The molecule has 1 aliphatic carbocycles. The second-order valence-corrected chi connectivity index (χ2v) is 10.5. The van der Waals surface area contributed by atoms with Crippen LogP contribution < -0.4 is 4.74 Å². The molecule has 0 amide bonds. The molecule has 2 fully saturated rings. The third kappa shape index (κ3) is 6.25. The summed E-state index contributed by atoms with van der Waals surface area (Å²) in [4.78, 5) is 17.1. The summed E-state index contributed by atoms with van der Waals surface area (Å²) >= 11 is 1.76. The fraction of sp³-hybridized carbons (Fsp3) is 0.483. The van der Waals surface area contributed by atoms with Crippen molar-refractivity contribution in [3.8, 4) is 5.75 Å². The van der Waals surface area contributed by atoms with Gasteiger partial charge in [-0.3, -0.25) is 4.79 Å². The van der Waals surface area contributed by atoms with E-state index < -0.39 is 0 Å². The zero-order valence-corrected chi connectivity index (χ0v) is 21.3. The normalized spacial score (nSPS) is 21.7. The highest BCUT2D eigenvalue weighted by atomic mass is 32.2. The van der Waals surface area contributed by atoms with E-state index in [4.69, 9.17) is 9.47 Å². The average molecular weight is 480 g/mol. The highest BCUT2D eigenvalue weighted by molar-refractivity contribution is 7.99. The molecule has 182 valence electrons. The van der Waals surface area contributed by atoms with Crippen molar-refractivity contribution in [2.45, 2.75) is 61.3 Å². The van der Waals surface area contributed by atoms with Gasteiger partial charge in [0, 0.05) is 15.8 Å². The lowest BCUT2D eigenvalue weighted by molar-refractivity contribution is -0.149. The van der Waals surface area contributed by atoms with Gasteiger partial charge < -0.3 is 14.4 Å². The Hall–Kier alpha value is -2.24. The molecule has 0 radical (unpaired) electrons. The first-order valence-electron chi connectivity index (χ1n) is 12.6. The molecule has 1 saturated carbocycles. The largest absolute Gasteiger partial charge is 0.497 e. The van der Waals surface area contributed by atoms with Crippen LogP contribution in [0.5, 0.6) is 5.75 Å². The van der Waals surface area contributed by atoms with E-state index in [-0.39, 0.29) is 11.9 Å². The SMILES string of the molecule is C=C(c1ccc(Sc2ccc(OC)cc2)cc1)C1CCN(C2CCC(C(=O)OCC)CC2)CC1. The smallest absolute Gasteiger partial charge is 0.308 e. The molecule has 0 N–H and O–H groups in total. The van der Waals surface area contributed by atoms with Gasteiger partial charge >= 0.3 is 5.97 Å². The number of esters is 1. The molecule has 0 bridgehead atoms. The van der Waals surface area contributed by atoms with E-state index in [9.17, 15) is 4.79 Å². The summed E-state index contributed by atoms with van der Waals surface area (Å²) in [5.41, 5.74) is 2.53. The molecular formula is C29H37NO3S. The second kappa shape index (κ2) is 11.9. The minimum absolute atomic E-state index is 0.00405. The van der Waals surface area contributed by atoms with Crippen molar-refractivity contribution in [3.63, 3.8) is 0 Å². The van der Waals surface area contributed by atoms with Crippen LogP contribution in [-0.4, -0.2) is 43.7 Å². The number of hydrogen-bond donors (Lipinski definition) is 0. The Bertz CT molecular complexity index is 940. The maximum absolute atomic E-state index is 12.0. The molecule has 1 saturated heterocycles. The first kappa shape index (κ1) is 24.9. The van der Waals surface area contributed by atoms with Crippen molar-refractivity contribution in [2.24, 2.45) is 11.8 Å². The summed E-state index contributed by atoms with van der Waals surface area (Å²) in [5.74, 6) is 1.54. The number of benzene rings is 2. The predicted octanol–water partition coefficient (Wildman–Crippen LogP) is 6.69. The van der Waals surface area contributed by atoms with Gasteiger partial charge in [0.25, 0.3) is 0 Å². The molecule has 4 rings (SSSR count). The van der Waals surface area contributed by atoms with Crippen LogP contribution in [0.25, 0.3) is 5.57 Å². The van der Waals surface area contributed by atoms with Crippen LogP contribution in [0.2, 0.25) is 0 Å². The van der Waals surface area contributed by atoms with Crippen LogP contribution >= 0.6 is 11.8 Å². The van der Waals surface area contributed by atoms with Gasteiger partial charge in [0.15, 0.2) is 0 Å². The van der Waals surface area contributed by atoms with Gasteiger partial charge in [0.05, 0.1) is 19.6 Å². The first-order chi connectivity index (χ1) is 16.6. The number of nitrogens with zero attached hydrogens (tertiary/aromatic N) is 1. The Morgan fingerprint density at radius 3 is 2.06 bits per heavy atom. The van der Waals surface area contributed by atoms with Crippen molar-refractivity contribution in [3.05, 3.63) is 60.7 Å².